The lowest BCUT2D eigenvalue weighted by Crippen LogP contribution is -2.44. The van der Waals surface area contributed by atoms with Crippen molar-refractivity contribution in [3.8, 4) is 5.69 Å². The Bertz CT molecular complexity index is 2010. The van der Waals surface area contributed by atoms with E-state index in [1.54, 1.807) is 30.7 Å². The molecule has 2 N–H and O–H groups in total. The van der Waals surface area contributed by atoms with Gasteiger partial charge in [0.15, 0.2) is 0 Å². The Labute approximate surface area is 271 Å². The fourth-order valence-electron chi connectivity index (χ4n) is 6.65. The highest BCUT2D eigenvalue weighted by molar-refractivity contribution is 6.27. The molecule has 5 aromatic rings. The zero-order valence-electron chi connectivity index (χ0n) is 26.3. The normalized spacial score (nSPS) is 14.2. The fourth-order valence-corrected chi connectivity index (χ4v) is 6.65. The van der Waals surface area contributed by atoms with Crippen LogP contribution in [-0.4, -0.2) is 96.3 Å². The summed E-state index contributed by atoms with van der Waals surface area (Å²) in [5, 5.41) is 9.77. The Kier molecular flexibility index (Phi) is 8.00. The Morgan fingerprint density at radius 2 is 1.17 bits per heavy atom. The quantitative estimate of drug-likeness (QED) is 0.158. The average molecular weight is 630 g/mol. The molecule has 0 atom stereocenters. The molecule has 2 aliphatic heterocycles. The summed E-state index contributed by atoms with van der Waals surface area (Å²) in [6, 6.07) is 18.5. The van der Waals surface area contributed by atoms with Crippen LogP contribution in [0.25, 0.3) is 27.2 Å². The number of hydrogen-bond acceptors (Lipinski definition) is 8. The van der Waals surface area contributed by atoms with Crippen LogP contribution in [0.5, 0.6) is 0 Å². The van der Waals surface area contributed by atoms with Gasteiger partial charge in [-0.05, 0) is 55.9 Å². The molecule has 4 amide bonds. The molecule has 0 aliphatic carbocycles. The molecule has 11 heteroatoms. The number of aromatic nitrogens is 2. The summed E-state index contributed by atoms with van der Waals surface area (Å²) in [7, 11) is 3.89. The van der Waals surface area contributed by atoms with Crippen molar-refractivity contribution in [2.75, 3.05) is 58.3 Å². The molecular weight excluding hydrogens is 594 g/mol. The van der Waals surface area contributed by atoms with Gasteiger partial charge in [0, 0.05) is 102 Å². The minimum Gasteiger partial charge on any atom is -0.377 e. The van der Waals surface area contributed by atoms with E-state index in [9.17, 15) is 19.2 Å². The van der Waals surface area contributed by atoms with Gasteiger partial charge in [-0.15, -0.1) is 0 Å². The first kappa shape index (κ1) is 30.3. The van der Waals surface area contributed by atoms with E-state index in [0.717, 1.165) is 34.0 Å². The number of imide groups is 2. The van der Waals surface area contributed by atoms with Crippen molar-refractivity contribution in [1.29, 1.82) is 0 Å². The van der Waals surface area contributed by atoms with E-state index in [2.05, 4.69) is 15.6 Å². The Morgan fingerprint density at radius 1 is 0.638 bits per heavy atom. The number of carbonyl (C=O) groups is 4. The molecule has 0 saturated carbocycles. The summed E-state index contributed by atoms with van der Waals surface area (Å²) in [6.45, 7) is 2.82. The molecular formula is C36H35N7O4. The fraction of sp³-hybridized carbons (Fsp3) is 0.250. The molecule has 0 saturated heterocycles. The summed E-state index contributed by atoms with van der Waals surface area (Å²) in [5.41, 5.74) is 3.97. The van der Waals surface area contributed by atoms with E-state index in [1.807, 2.05) is 72.2 Å². The maximum atomic E-state index is 13.4. The summed E-state index contributed by atoms with van der Waals surface area (Å²) in [5.74, 6) is -1.13. The number of benzene rings is 4. The monoisotopic (exact) mass is 629 g/mol. The lowest BCUT2D eigenvalue weighted by Gasteiger charge is -2.28. The van der Waals surface area contributed by atoms with E-state index < -0.39 is 0 Å². The van der Waals surface area contributed by atoms with Crippen LogP contribution in [0, 0.1) is 0 Å². The van der Waals surface area contributed by atoms with E-state index >= 15 is 0 Å². The molecule has 238 valence electrons. The Balaban J connectivity index is 0.883. The van der Waals surface area contributed by atoms with Gasteiger partial charge in [0.2, 0.25) is 0 Å². The van der Waals surface area contributed by atoms with Crippen molar-refractivity contribution in [2.45, 2.75) is 6.42 Å². The van der Waals surface area contributed by atoms with Gasteiger partial charge in [0.05, 0.1) is 12.0 Å². The van der Waals surface area contributed by atoms with Gasteiger partial charge in [-0.2, -0.15) is 0 Å². The lowest BCUT2D eigenvalue weighted by molar-refractivity contribution is 0.0597. The highest BCUT2D eigenvalue weighted by Crippen LogP contribution is 2.36. The molecule has 11 nitrogen and oxygen atoms in total. The summed E-state index contributed by atoms with van der Waals surface area (Å²) < 4.78 is 1.87. The SMILES string of the molecule is CN(C)c1ccc2c3c(cccc13)C(=O)N(CCNCCCNCCN1C(=O)c3cccc4c(-n5ccnc5)ccc(c34)C1=O)C2=O. The second-order valence-electron chi connectivity index (χ2n) is 12.0. The first-order valence-electron chi connectivity index (χ1n) is 15.8. The predicted octanol–water partition coefficient (Wildman–Crippen LogP) is 3.71. The first-order valence-corrected chi connectivity index (χ1v) is 15.8. The van der Waals surface area contributed by atoms with Crippen molar-refractivity contribution in [3.63, 3.8) is 0 Å². The van der Waals surface area contributed by atoms with Crippen molar-refractivity contribution in [1.82, 2.24) is 30.0 Å². The Morgan fingerprint density at radius 3 is 1.72 bits per heavy atom. The molecule has 47 heavy (non-hydrogen) atoms. The molecule has 3 heterocycles. The molecule has 1 aromatic heterocycles. The van der Waals surface area contributed by atoms with E-state index in [4.69, 9.17) is 0 Å². The third-order valence-electron chi connectivity index (χ3n) is 8.93. The first-order chi connectivity index (χ1) is 22.9. The minimum atomic E-state index is -0.293. The van der Waals surface area contributed by atoms with Crippen molar-refractivity contribution >= 4 is 50.9 Å². The minimum absolute atomic E-state index is 0.258. The van der Waals surface area contributed by atoms with Crippen LogP contribution in [0.15, 0.2) is 79.4 Å². The number of imidazole rings is 1. The molecule has 7 rings (SSSR count). The number of hydrogen-bond donors (Lipinski definition) is 2. The van der Waals surface area contributed by atoms with Crippen LogP contribution in [0.2, 0.25) is 0 Å². The Hall–Kier alpha value is -5.39. The van der Waals surface area contributed by atoms with Gasteiger partial charge in [-0.3, -0.25) is 29.0 Å². The number of rotatable bonds is 12. The number of anilines is 1. The molecule has 0 bridgehead atoms. The van der Waals surface area contributed by atoms with Crippen LogP contribution in [0.4, 0.5) is 5.69 Å². The van der Waals surface area contributed by atoms with Gasteiger partial charge in [0.1, 0.15) is 0 Å². The van der Waals surface area contributed by atoms with Crippen LogP contribution < -0.4 is 15.5 Å². The molecule has 0 fully saturated rings. The second kappa shape index (κ2) is 12.4. The second-order valence-corrected chi connectivity index (χ2v) is 12.0. The number of nitrogens with one attached hydrogen (secondary N) is 2. The maximum absolute atomic E-state index is 13.4. The van der Waals surface area contributed by atoms with Crippen LogP contribution in [0.3, 0.4) is 0 Å². The lowest BCUT2D eigenvalue weighted by atomic mass is 9.93. The van der Waals surface area contributed by atoms with Gasteiger partial charge >= 0.3 is 0 Å². The highest BCUT2D eigenvalue weighted by Gasteiger charge is 2.34. The third-order valence-corrected chi connectivity index (χ3v) is 8.93. The largest absolute Gasteiger partial charge is 0.377 e. The topological polar surface area (TPSA) is 120 Å². The van der Waals surface area contributed by atoms with Crippen molar-refractivity contribution < 1.29 is 19.2 Å². The zero-order chi connectivity index (χ0) is 32.7. The predicted molar refractivity (Wildman–Crippen MR) is 180 cm³/mol. The van der Waals surface area contributed by atoms with Gasteiger partial charge in [-0.1, -0.05) is 24.3 Å². The van der Waals surface area contributed by atoms with E-state index in [1.165, 1.54) is 9.80 Å². The average Bonchev–Trinajstić information content (AvgIpc) is 3.62. The highest BCUT2D eigenvalue weighted by atomic mass is 16.2. The molecule has 0 radical (unpaired) electrons. The molecule has 2 aliphatic rings. The van der Waals surface area contributed by atoms with Gasteiger partial charge in [-0.25, -0.2) is 4.98 Å². The van der Waals surface area contributed by atoms with Crippen LogP contribution >= 0.6 is 0 Å². The molecule has 0 spiro atoms. The third kappa shape index (κ3) is 5.23. The van der Waals surface area contributed by atoms with Crippen LogP contribution in [0.1, 0.15) is 47.9 Å². The molecule has 4 aromatic carbocycles. The van der Waals surface area contributed by atoms with Gasteiger partial charge < -0.3 is 20.1 Å². The summed E-state index contributed by atoms with van der Waals surface area (Å²) in [6.07, 6.45) is 6.01. The smallest absolute Gasteiger partial charge is 0.261 e. The molecule has 0 unspecified atom stereocenters. The van der Waals surface area contributed by atoms with E-state index in [-0.39, 0.29) is 36.7 Å². The number of nitrogens with zero attached hydrogens (tertiary/aromatic N) is 5. The summed E-state index contributed by atoms with van der Waals surface area (Å²) in [4.78, 5) is 62.1. The summed E-state index contributed by atoms with van der Waals surface area (Å²) >= 11 is 0. The van der Waals surface area contributed by atoms with Crippen molar-refractivity contribution in [3.05, 3.63) is 102 Å². The maximum Gasteiger partial charge on any atom is 0.261 e. The number of amides is 4. The zero-order valence-corrected chi connectivity index (χ0v) is 26.3. The van der Waals surface area contributed by atoms with Gasteiger partial charge in [0.25, 0.3) is 23.6 Å². The number of carbonyl (C=O) groups excluding carboxylic acids is 4. The van der Waals surface area contributed by atoms with Crippen LogP contribution in [-0.2, 0) is 0 Å². The van der Waals surface area contributed by atoms with E-state index in [0.29, 0.717) is 53.8 Å². The standard InChI is InChI=1S/C36H35N7O4/c1-40(2)29-12-10-27-31-23(29)6-3-8-25(31)33(44)42(35(27)46)20-17-37-14-5-15-38-18-21-43-34(45)26-9-4-7-24-30(41-19-16-39-22-41)13-11-28(32(24)26)36(43)47/h3-4,6-13,16,19,22,37-38H,5,14-15,17-18,20-21H2,1-2H3. The van der Waals surface area contributed by atoms with Crippen molar-refractivity contribution in [2.24, 2.45) is 0 Å².